The van der Waals surface area contributed by atoms with Gasteiger partial charge in [0.2, 0.25) is 0 Å². The maximum absolute atomic E-state index is 12.6. The number of piperazine rings is 1. The summed E-state index contributed by atoms with van der Waals surface area (Å²) in [5, 5.41) is 5.50. The van der Waals surface area contributed by atoms with Crippen molar-refractivity contribution in [2.75, 3.05) is 38.5 Å². The number of halogens is 1. The molecule has 0 spiro atoms. The molecule has 0 unspecified atom stereocenters. The molecule has 0 radical (unpaired) electrons. The van der Waals surface area contributed by atoms with Crippen LogP contribution in [0.1, 0.15) is 21.5 Å². The Bertz CT molecular complexity index is 1030. The Morgan fingerprint density at radius 2 is 1.87 bits per heavy atom. The molecular weight excluding hydrogens is 460 g/mol. The third kappa shape index (κ3) is 5.16. The number of thiazole rings is 1. The molecule has 1 N–H and O–H groups in total. The summed E-state index contributed by atoms with van der Waals surface area (Å²) in [6, 6.07) is 14.0. The quantitative estimate of drug-likeness (QED) is 0.560. The van der Waals surface area contributed by atoms with Crippen LogP contribution < -0.4 is 5.32 Å². The lowest BCUT2D eigenvalue weighted by molar-refractivity contribution is 0.102. The van der Waals surface area contributed by atoms with Gasteiger partial charge in [0.25, 0.3) is 5.91 Å². The third-order valence-electron chi connectivity index (χ3n) is 5.40. The van der Waals surface area contributed by atoms with Crippen molar-refractivity contribution in [1.29, 1.82) is 0 Å². The molecule has 1 fully saturated rings. The second-order valence-electron chi connectivity index (χ2n) is 7.73. The van der Waals surface area contributed by atoms with Crippen molar-refractivity contribution in [2.24, 2.45) is 0 Å². The summed E-state index contributed by atoms with van der Waals surface area (Å²) in [6.07, 6.45) is 0. The highest BCUT2D eigenvalue weighted by Gasteiger charge is 2.15. The van der Waals surface area contributed by atoms with E-state index in [4.69, 9.17) is 0 Å². The Balaban J connectivity index is 1.37. The van der Waals surface area contributed by atoms with Gasteiger partial charge in [0, 0.05) is 53.7 Å². The van der Waals surface area contributed by atoms with Gasteiger partial charge in [-0.3, -0.25) is 15.0 Å². The van der Waals surface area contributed by atoms with Crippen molar-refractivity contribution in [3.05, 3.63) is 69.0 Å². The van der Waals surface area contributed by atoms with E-state index in [1.165, 1.54) is 16.9 Å². The SMILES string of the molecule is Cc1cc(-c2csc(NC(=O)c3ccc(CN4CCN(C)CC4)cc3)n2)ccc1Br. The Morgan fingerprint density at radius 3 is 2.57 bits per heavy atom. The van der Waals surface area contributed by atoms with Crippen molar-refractivity contribution < 1.29 is 4.79 Å². The van der Waals surface area contributed by atoms with Crippen molar-refractivity contribution >= 4 is 38.3 Å². The minimum absolute atomic E-state index is 0.131. The Hall–Kier alpha value is -2.06. The molecule has 156 valence electrons. The largest absolute Gasteiger partial charge is 0.304 e. The van der Waals surface area contributed by atoms with Crippen molar-refractivity contribution in [2.45, 2.75) is 13.5 Å². The number of aryl methyl sites for hydroxylation is 1. The van der Waals surface area contributed by atoms with Gasteiger partial charge in [0.05, 0.1) is 5.69 Å². The van der Waals surface area contributed by atoms with Crippen LogP contribution in [0.15, 0.2) is 52.3 Å². The molecule has 4 rings (SSSR count). The molecule has 2 heterocycles. The van der Waals surface area contributed by atoms with Gasteiger partial charge in [-0.05, 0) is 49.4 Å². The van der Waals surface area contributed by atoms with Crippen molar-refractivity contribution in [3.63, 3.8) is 0 Å². The molecule has 0 bridgehead atoms. The number of nitrogens with zero attached hydrogens (tertiary/aromatic N) is 3. The first kappa shape index (κ1) is 21.2. The molecule has 1 aromatic heterocycles. The molecule has 3 aromatic rings. The topological polar surface area (TPSA) is 48.5 Å². The van der Waals surface area contributed by atoms with Crippen LogP contribution in [-0.2, 0) is 6.54 Å². The van der Waals surface area contributed by atoms with E-state index in [0.717, 1.165) is 54.0 Å². The maximum atomic E-state index is 12.6. The van der Waals surface area contributed by atoms with Crippen LogP contribution in [0.25, 0.3) is 11.3 Å². The first-order valence-corrected chi connectivity index (χ1v) is 11.7. The summed E-state index contributed by atoms with van der Waals surface area (Å²) in [6.45, 7) is 7.37. The van der Waals surface area contributed by atoms with Gasteiger partial charge in [-0.2, -0.15) is 0 Å². The first-order valence-electron chi connectivity index (χ1n) is 10.0. The molecule has 0 saturated carbocycles. The van der Waals surface area contributed by atoms with Crippen LogP contribution in [0.3, 0.4) is 0 Å². The summed E-state index contributed by atoms with van der Waals surface area (Å²) < 4.78 is 1.08. The van der Waals surface area contributed by atoms with E-state index in [-0.39, 0.29) is 5.91 Å². The third-order valence-corrected chi connectivity index (χ3v) is 7.04. The predicted octanol–water partition coefficient (Wildman–Crippen LogP) is 4.88. The second-order valence-corrected chi connectivity index (χ2v) is 9.44. The lowest BCUT2D eigenvalue weighted by Crippen LogP contribution is -2.43. The fourth-order valence-corrected chi connectivity index (χ4v) is 4.42. The van der Waals surface area contributed by atoms with Crippen LogP contribution in [0.2, 0.25) is 0 Å². The molecule has 1 saturated heterocycles. The lowest BCUT2D eigenvalue weighted by atomic mass is 10.1. The normalized spacial score (nSPS) is 15.3. The zero-order chi connectivity index (χ0) is 21.1. The molecule has 5 nitrogen and oxygen atoms in total. The average Bonchev–Trinajstić information content (AvgIpc) is 3.21. The number of benzene rings is 2. The number of rotatable bonds is 5. The number of carbonyl (C=O) groups is 1. The smallest absolute Gasteiger partial charge is 0.257 e. The highest BCUT2D eigenvalue weighted by atomic mass is 79.9. The highest BCUT2D eigenvalue weighted by Crippen LogP contribution is 2.28. The van der Waals surface area contributed by atoms with Crippen LogP contribution >= 0.6 is 27.3 Å². The maximum Gasteiger partial charge on any atom is 0.257 e. The molecule has 30 heavy (non-hydrogen) atoms. The summed E-state index contributed by atoms with van der Waals surface area (Å²) in [7, 11) is 2.16. The number of nitrogens with one attached hydrogen (secondary N) is 1. The van der Waals surface area contributed by atoms with E-state index in [1.54, 1.807) is 0 Å². The number of likely N-dealkylation sites (N-methyl/N-ethyl adjacent to an activating group) is 1. The Morgan fingerprint density at radius 1 is 1.13 bits per heavy atom. The summed E-state index contributed by atoms with van der Waals surface area (Å²) in [5.74, 6) is -0.131. The van der Waals surface area contributed by atoms with Gasteiger partial charge in [0.1, 0.15) is 0 Å². The van der Waals surface area contributed by atoms with E-state index in [2.05, 4.69) is 56.1 Å². The standard InChI is InChI=1S/C23H25BrN4OS/c1-16-13-19(7-8-20(16)24)21-15-30-23(25-21)26-22(29)18-5-3-17(4-6-18)14-28-11-9-27(2)10-12-28/h3-8,13,15H,9-12,14H2,1-2H3,(H,25,26,29). The summed E-state index contributed by atoms with van der Waals surface area (Å²) in [4.78, 5) is 22.0. The minimum Gasteiger partial charge on any atom is -0.304 e. The Kier molecular flexibility index (Phi) is 6.63. The van der Waals surface area contributed by atoms with E-state index in [0.29, 0.717) is 10.7 Å². The van der Waals surface area contributed by atoms with E-state index < -0.39 is 0 Å². The fourth-order valence-electron chi connectivity index (χ4n) is 3.46. The monoisotopic (exact) mass is 484 g/mol. The molecular formula is C23H25BrN4OS. The highest BCUT2D eigenvalue weighted by molar-refractivity contribution is 9.10. The molecule has 1 amide bonds. The van der Waals surface area contributed by atoms with Crippen molar-refractivity contribution in [1.82, 2.24) is 14.8 Å². The number of aromatic nitrogens is 1. The van der Waals surface area contributed by atoms with E-state index >= 15 is 0 Å². The molecule has 1 aliphatic rings. The van der Waals surface area contributed by atoms with Crippen LogP contribution in [0, 0.1) is 6.92 Å². The van der Waals surface area contributed by atoms with Crippen molar-refractivity contribution in [3.8, 4) is 11.3 Å². The molecule has 0 atom stereocenters. The van der Waals surface area contributed by atoms with Gasteiger partial charge >= 0.3 is 0 Å². The average molecular weight is 485 g/mol. The zero-order valence-corrected chi connectivity index (χ0v) is 19.6. The van der Waals surface area contributed by atoms with E-state index in [1.807, 2.05) is 41.8 Å². The first-order chi connectivity index (χ1) is 14.5. The van der Waals surface area contributed by atoms with Crippen LogP contribution in [-0.4, -0.2) is 53.9 Å². The van der Waals surface area contributed by atoms with Gasteiger partial charge in [-0.15, -0.1) is 11.3 Å². The summed E-state index contributed by atoms with van der Waals surface area (Å²) in [5.41, 5.74) is 4.95. The Labute approximate surface area is 189 Å². The summed E-state index contributed by atoms with van der Waals surface area (Å²) >= 11 is 4.96. The lowest BCUT2D eigenvalue weighted by Gasteiger charge is -2.32. The number of carbonyl (C=O) groups excluding carboxylic acids is 1. The van der Waals surface area contributed by atoms with Gasteiger partial charge in [-0.25, -0.2) is 4.98 Å². The number of hydrogen-bond donors (Lipinski definition) is 1. The minimum atomic E-state index is -0.131. The van der Waals surface area contributed by atoms with Crippen LogP contribution in [0.5, 0.6) is 0 Å². The van der Waals surface area contributed by atoms with Gasteiger partial charge < -0.3 is 4.90 Å². The molecule has 7 heteroatoms. The molecule has 1 aliphatic heterocycles. The van der Waals surface area contributed by atoms with E-state index in [9.17, 15) is 4.79 Å². The van der Waals surface area contributed by atoms with Gasteiger partial charge in [-0.1, -0.05) is 34.1 Å². The zero-order valence-electron chi connectivity index (χ0n) is 17.2. The van der Waals surface area contributed by atoms with Crippen LogP contribution in [0.4, 0.5) is 5.13 Å². The molecule has 0 aliphatic carbocycles. The number of hydrogen-bond acceptors (Lipinski definition) is 5. The molecule has 2 aromatic carbocycles. The predicted molar refractivity (Wildman–Crippen MR) is 127 cm³/mol. The van der Waals surface area contributed by atoms with Gasteiger partial charge in [0.15, 0.2) is 5.13 Å². The fraction of sp³-hybridized carbons (Fsp3) is 0.304. The second kappa shape index (κ2) is 9.39. The number of anilines is 1. The number of amides is 1.